The molecule has 0 aromatic heterocycles. The van der Waals surface area contributed by atoms with E-state index in [-0.39, 0.29) is 0 Å². The van der Waals surface area contributed by atoms with E-state index >= 15 is 0 Å². The molecule has 1 atom stereocenters. The predicted octanol–water partition coefficient (Wildman–Crippen LogP) is 1.60. The van der Waals surface area contributed by atoms with Crippen LogP contribution in [0.4, 0.5) is 0 Å². The third kappa shape index (κ3) is 3.27. The van der Waals surface area contributed by atoms with Crippen LogP contribution in [0.1, 0.15) is 11.7 Å². The summed E-state index contributed by atoms with van der Waals surface area (Å²) in [4.78, 5) is 9.57. The summed E-state index contributed by atoms with van der Waals surface area (Å²) in [5.74, 6) is 0. The number of aliphatic hydroxyl groups is 1. The summed E-state index contributed by atoms with van der Waals surface area (Å²) < 4.78 is 1.04. The Hall–Kier alpha value is -0.690. The lowest BCUT2D eigenvalue weighted by Crippen LogP contribution is -2.11. The molecule has 1 rings (SSSR count). The Bertz CT molecular complexity index is 299. The number of hydrogen-bond acceptors (Lipinski definition) is 3. The summed E-state index contributed by atoms with van der Waals surface area (Å²) in [5, 5.41) is 19.4. The first-order valence-electron chi connectivity index (χ1n) is 3.65. The number of nitro groups is 1. The van der Waals surface area contributed by atoms with Crippen LogP contribution in [-0.4, -0.2) is 16.6 Å². The molecule has 0 saturated carbocycles. The van der Waals surface area contributed by atoms with Gasteiger partial charge in [-0.25, -0.2) is 0 Å². The molecule has 1 N–H and O–H groups in total. The zero-order valence-electron chi connectivity index (χ0n) is 6.68. The first-order valence-corrected chi connectivity index (χ1v) is 4.73. The van der Waals surface area contributed by atoms with Crippen LogP contribution in [0.2, 0.25) is 0 Å². The summed E-state index contributed by atoms with van der Waals surface area (Å²) in [6.07, 6.45) is -1.01. The molecule has 70 valence electrons. The molecular weight excluding hydrogens is 285 g/mol. The molecule has 13 heavy (non-hydrogen) atoms. The minimum atomic E-state index is -1.01. The van der Waals surface area contributed by atoms with E-state index in [1.165, 1.54) is 0 Å². The minimum absolute atomic E-state index is 0.444. The minimum Gasteiger partial charge on any atom is -0.382 e. The fourth-order valence-corrected chi connectivity index (χ4v) is 1.29. The van der Waals surface area contributed by atoms with Crippen molar-refractivity contribution >= 4 is 22.6 Å². The van der Waals surface area contributed by atoms with Gasteiger partial charge < -0.3 is 5.11 Å². The van der Waals surface area contributed by atoms with E-state index in [2.05, 4.69) is 22.6 Å². The van der Waals surface area contributed by atoms with Crippen molar-refractivity contribution in [1.82, 2.24) is 0 Å². The van der Waals surface area contributed by atoms with Crippen molar-refractivity contribution in [3.8, 4) is 0 Å². The van der Waals surface area contributed by atoms with E-state index in [4.69, 9.17) is 0 Å². The monoisotopic (exact) mass is 293 g/mol. The lowest BCUT2D eigenvalue weighted by Gasteiger charge is -2.05. The number of aliphatic hydroxyl groups excluding tert-OH is 1. The lowest BCUT2D eigenvalue weighted by molar-refractivity contribution is -0.491. The van der Waals surface area contributed by atoms with Crippen molar-refractivity contribution in [2.24, 2.45) is 0 Å². The van der Waals surface area contributed by atoms with Gasteiger partial charge in [0.1, 0.15) is 6.10 Å². The Morgan fingerprint density at radius 1 is 1.46 bits per heavy atom. The van der Waals surface area contributed by atoms with Crippen LogP contribution in [0.5, 0.6) is 0 Å². The van der Waals surface area contributed by atoms with Gasteiger partial charge >= 0.3 is 0 Å². The third-order valence-electron chi connectivity index (χ3n) is 1.58. The second-order valence-corrected chi connectivity index (χ2v) is 3.83. The average Bonchev–Trinajstić information content (AvgIpc) is 2.04. The Kier molecular flexibility index (Phi) is 3.61. The third-order valence-corrected chi connectivity index (χ3v) is 2.30. The molecule has 0 aliphatic carbocycles. The molecule has 0 saturated heterocycles. The van der Waals surface area contributed by atoms with Crippen molar-refractivity contribution in [3.05, 3.63) is 43.5 Å². The van der Waals surface area contributed by atoms with E-state index in [9.17, 15) is 15.2 Å². The molecule has 0 fully saturated rings. The molecule has 0 heterocycles. The van der Waals surface area contributed by atoms with Gasteiger partial charge in [-0.1, -0.05) is 12.1 Å². The van der Waals surface area contributed by atoms with Crippen molar-refractivity contribution < 1.29 is 10.0 Å². The summed E-state index contributed by atoms with van der Waals surface area (Å²) in [6, 6.07) is 6.99. The molecule has 0 aliphatic heterocycles. The summed E-state index contributed by atoms with van der Waals surface area (Å²) >= 11 is 2.13. The number of benzene rings is 1. The summed E-state index contributed by atoms with van der Waals surface area (Å²) in [6.45, 7) is -0.444. The maximum atomic E-state index is 10.1. The number of rotatable bonds is 3. The maximum Gasteiger partial charge on any atom is 0.233 e. The lowest BCUT2D eigenvalue weighted by atomic mass is 10.1. The summed E-state index contributed by atoms with van der Waals surface area (Å²) in [5.41, 5.74) is 0.581. The van der Waals surface area contributed by atoms with Crippen LogP contribution in [0.25, 0.3) is 0 Å². The number of halogens is 1. The first kappa shape index (κ1) is 10.4. The van der Waals surface area contributed by atoms with Gasteiger partial charge in [0.15, 0.2) is 0 Å². The van der Waals surface area contributed by atoms with E-state index in [0.29, 0.717) is 5.56 Å². The van der Waals surface area contributed by atoms with Crippen molar-refractivity contribution in [2.45, 2.75) is 6.10 Å². The maximum absolute atomic E-state index is 10.1. The molecule has 0 radical (unpaired) electrons. The molecule has 4 nitrogen and oxygen atoms in total. The highest BCUT2D eigenvalue weighted by Crippen LogP contribution is 2.14. The van der Waals surface area contributed by atoms with Crippen LogP contribution in [0.15, 0.2) is 24.3 Å². The largest absolute Gasteiger partial charge is 0.382 e. The summed E-state index contributed by atoms with van der Waals surface area (Å²) in [7, 11) is 0. The van der Waals surface area contributed by atoms with Crippen molar-refractivity contribution in [3.63, 3.8) is 0 Å². The van der Waals surface area contributed by atoms with E-state index in [0.717, 1.165) is 3.57 Å². The Morgan fingerprint density at radius 3 is 2.46 bits per heavy atom. The van der Waals surface area contributed by atoms with E-state index < -0.39 is 17.6 Å². The Balaban J connectivity index is 2.71. The van der Waals surface area contributed by atoms with Crippen molar-refractivity contribution in [2.75, 3.05) is 6.54 Å². The van der Waals surface area contributed by atoms with Gasteiger partial charge in [-0.15, -0.1) is 0 Å². The average molecular weight is 293 g/mol. The standard InChI is InChI=1S/C8H8INO3/c9-7-3-1-6(2-4-7)8(11)5-10(12)13/h1-4,8,11H,5H2. The van der Waals surface area contributed by atoms with E-state index in [1.54, 1.807) is 24.3 Å². The molecule has 1 aromatic rings. The van der Waals surface area contributed by atoms with Crippen LogP contribution < -0.4 is 0 Å². The van der Waals surface area contributed by atoms with Gasteiger partial charge in [0.25, 0.3) is 0 Å². The van der Waals surface area contributed by atoms with Gasteiger partial charge in [0.2, 0.25) is 6.54 Å². The van der Waals surface area contributed by atoms with Gasteiger partial charge in [-0.2, -0.15) is 0 Å². The molecular formula is C8H8INO3. The quantitative estimate of drug-likeness (QED) is 0.523. The highest BCUT2D eigenvalue weighted by atomic mass is 127. The normalized spacial score (nSPS) is 12.5. The predicted molar refractivity (Wildman–Crippen MR) is 56.0 cm³/mol. The molecule has 0 aliphatic rings. The highest BCUT2D eigenvalue weighted by molar-refractivity contribution is 14.1. The van der Waals surface area contributed by atoms with Crippen LogP contribution in [-0.2, 0) is 0 Å². The SMILES string of the molecule is O=[N+]([O-])CC(O)c1ccc(I)cc1. The van der Waals surface area contributed by atoms with Crippen molar-refractivity contribution in [1.29, 1.82) is 0 Å². The zero-order chi connectivity index (χ0) is 9.84. The number of nitrogens with zero attached hydrogens (tertiary/aromatic N) is 1. The second kappa shape index (κ2) is 4.52. The van der Waals surface area contributed by atoms with Gasteiger partial charge in [0, 0.05) is 8.49 Å². The topological polar surface area (TPSA) is 63.4 Å². The van der Waals surface area contributed by atoms with Crippen LogP contribution in [0, 0.1) is 13.7 Å². The number of hydrogen-bond donors (Lipinski definition) is 1. The molecule has 0 spiro atoms. The fraction of sp³-hybridized carbons (Fsp3) is 0.250. The van der Waals surface area contributed by atoms with E-state index in [1.807, 2.05) is 0 Å². The second-order valence-electron chi connectivity index (χ2n) is 2.58. The van der Waals surface area contributed by atoms with Gasteiger partial charge in [-0.05, 0) is 40.3 Å². The molecule has 0 bridgehead atoms. The highest BCUT2D eigenvalue weighted by Gasteiger charge is 2.13. The first-order chi connectivity index (χ1) is 6.09. The fourth-order valence-electron chi connectivity index (χ4n) is 0.932. The van der Waals surface area contributed by atoms with Crippen LogP contribution >= 0.6 is 22.6 Å². The molecule has 0 amide bonds. The van der Waals surface area contributed by atoms with Gasteiger partial charge in [-0.3, -0.25) is 10.1 Å². The van der Waals surface area contributed by atoms with Crippen LogP contribution in [0.3, 0.4) is 0 Å². The Labute approximate surface area is 88.9 Å². The molecule has 5 heteroatoms. The van der Waals surface area contributed by atoms with Gasteiger partial charge in [0.05, 0.1) is 0 Å². The Morgan fingerprint density at radius 2 is 2.00 bits per heavy atom. The molecule has 1 aromatic carbocycles. The molecule has 1 unspecified atom stereocenters. The zero-order valence-corrected chi connectivity index (χ0v) is 8.84. The smallest absolute Gasteiger partial charge is 0.233 e.